The fourth-order valence-electron chi connectivity index (χ4n) is 7.78. The third-order valence-corrected chi connectivity index (χ3v) is 11.3. The lowest BCUT2D eigenvalue weighted by molar-refractivity contribution is 0.669. The highest BCUT2D eigenvalue weighted by Crippen LogP contribution is 2.46. The van der Waals surface area contributed by atoms with Crippen molar-refractivity contribution in [3.63, 3.8) is 0 Å². The maximum atomic E-state index is 6.29. The van der Waals surface area contributed by atoms with Gasteiger partial charge in [0.25, 0.3) is 0 Å². The smallest absolute Gasteiger partial charge is 0.160 e. The Morgan fingerprint density at radius 3 is 1.92 bits per heavy atom. The number of furan rings is 1. The fraction of sp³-hybridized carbons (Fsp3) is 0. The van der Waals surface area contributed by atoms with Crippen LogP contribution >= 0.6 is 11.3 Å². The minimum atomic E-state index is 0.686. The van der Waals surface area contributed by atoms with E-state index in [1.165, 1.54) is 25.6 Å². The molecule has 11 rings (SSSR count). The van der Waals surface area contributed by atoms with Gasteiger partial charge in [-0.3, -0.25) is 0 Å². The van der Waals surface area contributed by atoms with E-state index in [1.54, 1.807) is 0 Å². The minimum absolute atomic E-state index is 0.686. The van der Waals surface area contributed by atoms with E-state index >= 15 is 0 Å². The molecule has 4 aromatic heterocycles. The SMILES string of the molecule is c1ccc(-c2nc(-c3cccc4c3sc3ccc5c(-c6ccccc6)nc6ccccc6c5c34)cc(-c3cccc4oc5ccccc5c34)n2)cc1. The number of rotatable bonds is 4. The second-order valence-corrected chi connectivity index (χ2v) is 14.1. The number of pyridine rings is 1. The molecule has 52 heavy (non-hydrogen) atoms. The Morgan fingerprint density at radius 2 is 1.08 bits per heavy atom. The first-order valence-corrected chi connectivity index (χ1v) is 18.2. The van der Waals surface area contributed by atoms with E-state index in [0.29, 0.717) is 5.82 Å². The quantitative estimate of drug-likeness (QED) is 0.174. The molecule has 4 heterocycles. The summed E-state index contributed by atoms with van der Waals surface area (Å²) in [5, 5.41) is 8.14. The van der Waals surface area contributed by atoms with Crippen LogP contribution in [0.4, 0.5) is 0 Å². The molecule has 0 bridgehead atoms. The van der Waals surface area contributed by atoms with Crippen LogP contribution in [-0.4, -0.2) is 15.0 Å². The molecule has 11 aromatic rings. The molecule has 0 saturated carbocycles. The van der Waals surface area contributed by atoms with Gasteiger partial charge in [-0.05, 0) is 30.3 Å². The lowest BCUT2D eigenvalue weighted by Gasteiger charge is -2.12. The van der Waals surface area contributed by atoms with Gasteiger partial charge in [-0.2, -0.15) is 0 Å². The standard InChI is InChI=1S/C47H27N3OS/c1-3-13-28(14-4-1)45-34-25-26-41-44(43(34)30-17-7-9-22-36(30)48-45)35-21-11-20-32(46(35)52-41)38-27-37(49-47(50-38)29-15-5-2-6-16-29)31-19-12-24-40-42(31)33-18-8-10-23-39(33)51-40/h1-27H. The van der Waals surface area contributed by atoms with E-state index in [9.17, 15) is 0 Å². The molecule has 0 aliphatic rings. The molecule has 0 N–H and O–H groups in total. The Balaban J connectivity index is 1.21. The summed E-state index contributed by atoms with van der Waals surface area (Å²) in [7, 11) is 0. The van der Waals surface area contributed by atoms with Crippen LogP contribution in [0.1, 0.15) is 0 Å². The largest absolute Gasteiger partial charge is 0.456 e. The number of thiophene rings is 1. The number of benzene rings is 7. The Hall–Kier alpha value is -6.69. The van der Waals surface area contributed by atoms with Gasteiger partial charge in [-0.25, -0.2) is 15.0 Å². The Labute approximate surface area is 302 Å². The molecule has 7 aromatic carbocycles. The maximum Gasteiger partial charge on any atom is 0.160 e. The Morgan fingerprint density at radius 1 is 0.423 bits per heavy atom. The molecule has 242 valence electrons. The summed E-state index contributed by atoms with van der Waals surface area (Å²) < 4.78 is 8.72. The number of hydrogen-bond acceptors (Lipinski definition) is 5. The van der Waals surface area contributed by atoms with Crippen molar-refractivity contribution in [2.75, 3.05) is 0 Å². The normalized spacial score (nSPS) is 11.8. The van der Waals surface area contributed by atoms with Gasteiger partial charge in [0.1, 0.15) is 11.2 Å². The summed E-state index contributed by atoms with van der Waals surface area (Å²) in [4.78, 5) is 15.7. The van der Waals surface area contributed by atoms with Crippen molar-refractivity contribution in [2.45, 2.75) is 0 Å². The summed E-state index contributed by atoms with van der Waals surface area (Å²) in [5.41, 5.74) is 9.62. The molecule has 0 unspecified atom stereocenters. The first kappa shape index (κ1) is 29.1. The zero-order chi connectivity index (χ0) is 34.2. The second-order valence-electron chi connectivity index (χ2n) is 13.1. The predicted octanol–water partition coefficient (Wildman–Crippen LogP) is 13.1. The van der Waals surface area contributed by atoms with Gasteiger partial charge >= 0.3 is 0 Å². The highest BCUT2D eigenvalue weighted by Gasteiger charge is 2.21. The number of aromatic nitrogens is 3. The molecule has 0 fully saturated rings. The van der Waals surface area contributed by atoms with Crippen LogP contribution in [0.3, 0.4) is 0 Å². The van der Waals surface area contributed by atoms with E-state index in [4.69, 9.17) is 19.4 Å². The molecule has 4 nitrogen and oxygen atoms in total. The first-order valence-electron chi connectivity index (χ1n) is 17.4. The van der Waals surface area contributed by atoms with Gasteiger partial charge in [0.15, 0.2) is 5.82 Å². The molecule has 0 aliphatic carbocycles. The number of fused-ring (bicyclic) bond motifs is 10. The van der Waals surface area contributed by atoms with Crippen molar-refractivity contribution in [1.82, 2.24) is 15.0 Å². The number of nitrogens with zero attached hydrogens (tertiary/aromatic N) is 3. The van der Waals surface area contributed by atoms with E-state index in [2.05, 4.69) is 121 Å². The van der Waals surface area contributed by atoms with Gasteiger partial charge in [0.2, 0.25) is 0 Å². The number of para-hydroxylation sites is 2. The van der Waals surface area contributed by atoms with Gasteiger partial charge in [0, 0.05) is 69.4 Å². The Kier molecular flexibility index (Phi) is 6.39. The van der Waals surface area contributed by atoms with Crippen molar-refractivity contribution in [1.29, 1.82) is 0 Å². The average Bonchev–Trinajstić information content (AvgIpc) is 3.80. The lowest BCUT2D eigenvalue weighted by Crippen LogP contribution is -1.96. The van der Waals surface area contributed by atoms with E-state index in [-0.39, 0.29) is 0 Å². The Bertz CT molecular complexity index is 3180. The highest BCUT2D eigenvalue weighted by molar-refractivity contribution is 7.26. The van der Waals surface area contributed by atoms with Gasteiger partial charge in [-0.1, -0.05) is 133 Å². The summed E-state index contributed by atoms with van der Waals surface area (Å²) in [6, 6.07) is 57.0. The predicted molar refractivity (Wildman–Crippen MR) is 217 cm³/mol. The molecule has 5 heteroatoms. The second kappa shape index (κ2) is 11.4. The van der Waals surface area contributed by atoms with Crippen LogP contribution in [0.25, 0.3) is 109 Å². The third kappa shape index (κ3) is 4.43. The zero-order valence-electron chi connectivity index (χ0n) is 27.7. The topological polar surface area (TPSA) is 51.8 Å². The monoisotopic (exact) mass is 681 g/mol. The summed E-state index contributed by atoms with van der Waals surface area (Å²) >= 11 is 1.82. The van der Waals surface area contributed by atoms with E-state index in [0.717, 1.165) is 77.6 Å². The van der Waals surface area contributed by atoms with Crippen LogP contribution in [0, 0.1) is 0 Å². The summed E-state index contributed by atoms with van der Waals surface area (Å²) in [5.74, 6) is 0.686. The maximum absolute atomic E-state index is 6.29. The van der Waals surface area contributed by atoms with Crippen molar-refractivity contribution in [2.24, 2.45) is 0 Å². The highest BCUT2D eigenvalue weighted by atomic mass is 32.1. The van der Waals surface area contributed by atoms with Crippen molar-refractivity contribution in [3.05, 3.63) is 164 Å². The van der Waals surface area contributed by atoms with Crippen molar-refractivity contribution < 1.29 is 4.42 Å². The molecule has 0 aliphatic heterocycles. The fourth-order valence-corrected chi connectivity index (χ4v) is 9.01. The van der Waals surface area contributed by atoms with Crippen LogP contribution in [0.2, 0.25) is 0 Å². The summed E-state index contributed by atoms with van der Waals surface area (Å²) in [6.07, 6.45) is 0. The molecule has 0 radical (unpaired) electrons. The molecule has 0 saturated heterocycles. The van der Waals surface area contributed by atoms with Gasteiger partial charge in [0.05, 0.1) is 22.6 Å². The van der Waals surface area contributed by atoms with Gasteiger partial charge < -0.3 is 4.42 Å². The number of hydrogen-bond donors (Lipinski definition) is 0. The van der Waals surface area contributed by atoms with Crippen molar-refractivity contribution in [3.8, 4) is 45.2 Å². The molecular weight excluding hydrogens is 655 g/mol. The lowest BCUT2D eigenvalue weighted by atomic mass is 9.95. The van der Waals surface area contributed by atoms with E-state index in [1.807, 2.05) is 53.8 Å². The van der Waals surface area contributed by atoms with Crippen LogP contribution in [-0.2, 0) is 0 Å². The van der Waals surface area contributed by atoms with Gasteiger partial charge in [-0.15, -0.1) is 11.3 Å². The zero-order valence-corrected chi connectivity index (χ0v) is 28.6. The molecule has 0 amide bonds. The minimum Gasteiger partial charge on any atom is -0.456 e. The summed E-state index contributed by atoms with van der Waals surface area (Å²) in [6.45, 7) is 0. The van der Waals surface area contributed by atoms with Crippen LogP contribution in [0.15, 0.2) is 168 Å². The molecule has 0 atom stereocenters. The third-order valence-electron chi connectivity index (χ3n) is 10.1. The first-order chi connectivity index (χ1) is 25.8. The van der Waals surface area contributed by atoms with Crippen LogP contribution < -0.4 is 0 Å². The molecular formula is C47H27N3OS. The molecule has 0 spiro atoms. The van der Waals surface area contributed by atoms with Crippen LogP contribution in [0.5, 0.6) is 0 Å². The van der Waals surface area contributed by atoms with E-state index < -0.39 is 0 Å². The van der Waals surface area contributed by atoms with Crippen molar-refractivity contribution >= 4 is 75.1 Å². The average molecular weight is 682 g/mol.